The van der Waals surface area contributed by atoms with Crippen LogP contribution in [0.3, 0.4) is 0 Å². The van der Waals surface area contributed by atoms with Crippen LogP contribution in [0.4, 0.5) is 11.6 Å². The molecule has 3 heterocycles. The fourth-order valence-corrected chi connectivity index (χ4v) is 3.63. The summed E-state index contributed by atoms with van der Waals surface area (Å²) in [6.45, 7) is 6.83. The Morgan fingerprint density at radius 3 is 2.26 bits per heavy atom. The van der Waals surface area contributed by atoms with Crippen molar-refractivity contribution in [2.45, 2.75) is 32.5 Å². The molecule has 7 nitrogen and oxygen atoms in total. The molecule has 0 aliphatic carbocycles. The van der Waals surface area contributed by atoms with Crippen LogP contribution in [0, 0.1) is 13.8 Å². The number of hydrogen-bond donors (Lipinski definition) is 1. The average Bonchev–Trinajstić information content (AvgIpc) is 3.13. The fraction of sp³-hybridized carbons (Fsp3) is 0.450. The van der Waals surface area contributed by atoms with E-state index in [9.17, 15) is 4.79 Å². The summed E-state index contributed by atoms with van der Waals surface area (Å²) in [5.41, 5.74) is 3.33. The van der Waals surface area contributed by atoms with Crippen LogP contribution in [0.1, 0.15) is 34.3 Å². The first-order valence-corrected chi connectivity index (χ1v) is 9.29. The van der Waals surface area contributed by atoms with Crippen molar-refractivity contribution >= 4 is 17.5 Å². The molecule has 0 bridgehead atoms. The zero-order valence-corrected chi connectivity index (χ0v) is 15.7. The van der Waals surface area contributed by atoms with E-state index < -0.39 is 5.79 Å². The third-order valence-corrected chi connectivity index (χ3v) is 5.24. The number of ether oxygens (including phenoxy) is 2. The molecule has 2 fully saturated rings. The molecule has 1 N–H and O–H groups in total. The van der Waals surface area contributed by atoms with Crippen molar-refractivity contribution in [3.05, 3.63) is 47.3 Å². The Morgan fingerprint density at radius 2 is 1.67 bits per heavy atom. The smallest absolute Gasteiger partial charge is 0.258 e. The van der Waals surface area contributed by atoms with Gasteiger partial charge in [-0.3, -0.25) is 4.79 Å². The van der Waals surface area contributed by atoms with Gasteiger partial charge in [0.2, 0.25) is 5.95 Å². The molecule has 0 radical (unpaired) electrons. The van der Waals surface area contributed by atoms with Gasteiger partial charge in [0.15, 0.2) is 5.79 Å². The van der Waals surface area contributed by atoms with Gasteiger partial charge in [-0.25, -0.2) is 9.97 Å². The summed E-state index contributed by atoms with van der Waals surface area (Å²) in [5.74, 6) is 0.0117. The summed E-state index contributed by atoms with van der Waals surface area (Å²) in [5, 5.41) is 2.96. The van der Waals surface area contributed by atoms with Crippen molar-refractivity contribution in [3.8, 4) is 0 Å². The summed E-state index contributed by atoms with van der Waals surface area (Å²) >= 11 is 0. The Kier molecular flexibility index (Phi) is 4.80. The minimum atomic E-state index is -0.415. The van der Waals surface area contributed by atoms with E-state index in [-0.39, 0.29) is 5.91 Å². The second-order valence-electron chi connectivity index (χ2n) is 7.09. The van der Waals surface area contributed by atoms with Crippen LogP contribution in [0.15, 0.2) is 30.6 Å². The van der Waals surface area contributed by atoms with Crippen molar-refractivity contribution < 1.29 is 14.3 Å². The SMILES string of the molecule is Cc1cccc(C)c1NC(=O)c1cnc(N2CCC3(CC2)OCCO3)nc1. The molecule has 2 aliphatic heterocycles. The standard InChI is InChI=1S/C20H24N4O3/c1-14-4-3-5-15(2)17(14)23-18(25)16-12-21-19(22-13-16)24-8-6-20(7-9-24)26-10-11-27-20/h3-5,12-13H,6-11H2,1-2H3,(H,23,25). The van der Waals surface area contributed by atoms with Gasteiger partial charge < -0.3 is 19.7 Å². The topological polar surface area (TPSA) is 76.6 Å². The van der Waals surface area contributed by atoms with E-state index in [1.165, 1.54) is 0 Å². The molecule has 2 aliphatic rings. The Hall–Kier alpha value is -2.51. The highest BCUT2D eigenvalue weighted by molar-refractivity contribution is 6.04. The van der Waals surface area contributed by atoms with E-state index in [0.29, 0.717) is 24.7 Å². The van der Waals surface area contributed by atoms with E-state index in [1.807, 2.05) is 32.0 Å². The summed E-state index contributed by atoms with van der Waals surface area (Å²) in [6, 6.07) is 5.93. The highest BCUT2D eigenvalue weighted by Gasteiger charge is 2.40. The van der Waals surface area contributed by atoms with Gasteiger partial charge in [0.05, 0.1) is 18.8 Å². The van der Waals surface area contributed by atoms with E-state index in [0.717, 1.165) is 42.7 Å². The second-order valence-corrected chi connectivity index (χ2v) is 7.09. The third kappa shape index (κ3) is 3.65. The largest absolute Gasteiger partial charge is 0.347 e. The highest BCUT2D eigenvalue weighted by Crippen LogP contribution is 2.32. The van der Waals surface area contributed by atoms with Crippen molar-refractivity contribution in [2.24, 2.45) is 0 Å². The molecule has 2 aromatic rings. The number of rotatable bonds is 3. The summed E-state index contributed by atoms with van der Waals surface area (Å²) in [4.78, 5) is 23.4. The van der Waals surface area contributed by atoms with Gasteiger partial charge in [-0.2, -0.15) is 0 Å². The van der Waals surface area contributed by atoms with Crippen LogP contribution >= 0.6 is 0 Å². The molecule has 27 heavy (non-hydrogen) atoms. The van der Waals surface area contributed by atoms with Gasteiger partial charge in [0.1, 0.15) is 0 Å². The molecule has 0 unspecified atom stereocenters. The Bertz CT molecular complexity index is 801. The van der Waals surface area contributed by atoms with Crippen LogP contribution in [-0.4, -0.2) is 48.0 Å². The maximum atomic E-state index is 12.5. The number of carbonyl (C=O) groups excluding carboxylic acids is 1. The normalized spacial score (nSPS) is 18.7. The molecular weight excluding hydrogens is 344 g/mol. The summed E-state index contributed by atoms with van der Waals surface area (Å²) in [7, 11) is 0. The first kappa shape index (κ1) is 17.9. The van der Waals surface area contributed by atoms with Gasteiger partial charge in [0.25, 0.3) is 5.91 Å². The first-order valence-electron chi connectivity index (χ1n) is 9.29. The lowest BCUT2D eigenvalue weighted by Crippen LogP contribution is -2.45. The molecule has 0 atom stereocenters. The van der Waals surface area contributed by atoms with Crippen molar-refractivity contribution in [2.75, 3.05) is 36.5 Å². The van der Waals surface area contributed by atoms with Crippen LogP contribution in [-0.2, 0) is 9.47 Å². The number of carbonyl (C=O) groups is 1. The Labute approximate surface area is 158 Å². The molecule has 1 aromatic heterocycles. The number of anilines is 2. The third-order valence-electron chi connectivity index (χ3n) is 5.24. The highest BCUT2D eigenvalue weighted by atomic mass is 16.7. The number of amides is 1. The van der Waals surface area contributed by atoms with Gasteiger partial charge in [0, 0.05) is 44.0 Å². The number of para-hydroxylation sites is 1. The second kappa shape index (κ2) is 7.25. The molecule has 0 saturated carbocycles. The average molecular weight is 368 g/mol. The predicted octanol–water partition coefficient (Wildman–Crippen LogP) is 2.69. The lowest BCUT2D eigenvalue weighted by Gasteiger charge is -2.37. The van der Waals surface area contributed by atoms with Gasteiger partial charge >= 0.3 is 0 Å². The zero-order chi connectivity index (χ0) is 18.9. The minimum absolute atomic E-state index is 0.204. The van der Waals surface area contributed by atoms with Crippen LogP contribution in [0.2, 0.25) is 0 Å². The lowest BCUT2D eigenvalue weighted by molar-refractivity contribution is -0.169. The Morgan fingerprint density at radius 1 is 1.07 bits per heavy atom. The van der Waals surface area contributed by atoms with E-state index in [4.69, 9.17) is 9.47 Å². The number of nitrogens with zero attached hydrogens (tertiary/aromatic N) is 3. The molecule has 4 rings (SSSR count). The Balaban J connectivity index is 1.41. The number of piperidine rings is 1. The van der Waals surface area contributed by atoms with Gasteiger partial charge in [-0.15, -0.1) is 0 Å². The number of aryl methyl sites for hydroxylation is 2. The quantitative estimate of drug-likeness (QED) is 0.898. The lowest BCUT2D eigenvalue weighted by atomic mass is 10.0. The summed E-state index contributed by atoms with van der Waals surface area (Å²) < 4.78 is 11.5. The molecule has 1 aromatic carbocycles. The molecule has 7 heteroatoms. The van der Waals surface area contributed by atoms with Crippen molar-refractivity contribution in [1.82, 2.24) is 9.97 Å². The number of nitrogens with one attached hydrogen (secondary N) is 1. The minimum Gasteiger partial charge on any atom is -0.347 e. The van der Waals surface area contributed by atoms with Crippen LogP contribution in [0.5, 0.6) is 0 Å². The molecule has 2 saturated heterocycles. The molecule has 1 spiro atoms. The molecule has 1 amide bonds. The predicted molar refractivity (Wildman–Crippen MR) is 102 cm³/mol. The number of aromatic nitrogens is 2. The summed E-state index contributed by atoms with van der Waals surface area (Å²) in [6.07, 6.45) is 4.76. The number of hydrogen-bond acceptors (Lipinski definition) is 6. The van der Waals surface area contributed by atoms with E-state index in [2.05, 4.69) is 20.2 Å². The zero-order valence-electron chi connectivity index (χ0n) is 15.7. The molecule has 142 valence electrons. The van der Waals surface area contributed by atoms with Crippen molar-refractivity contribution in [1.29, 1.82) is 0 Å². The van der Waals surface area contributed by atoms with Crippen molar-refractivity contribution in [3.63, 3.8) is 0 Å². The number of benzene rings is 1. The first-order chi connectivity index (χ1) is 13.1. The van der Waals surface area contributed by atoms with Gasteiger partial charge in [-0.05, 0) is 25.0 Å². The molecular formula is C20H24N4O3. The van der Waals surface area contributed by atoms with Crippen LogP contribution < -0.4 is 10.2 Å². The fourth-order valence-electron chi connectivity index (χ4n) is 3.63. The maximum absolute atomic E-state index is 12.5. The van der Waals surface area contributed by atoms with Gasteiger partial charge in [-0.1, -0.05) is 18.2 Å². The van der Waals surface area contributed by atoms with E-state index in [1.54, 1.807) is 12.4 Å². The maximum Gasteiger partial charge on any atom is 0.258 e. The van der Waals surface area contributed by atoms with Crippen LogP contribution in [0.25, 0.3) is 0 Å². The monoisotopic (exact) mass is 368 g/mol. The van der Waals surface area contributed by atoms with E-state index >= 15 is 0 Å².